The van der Waals surface area contributed by atoms with E-state index in [4.69, 9.17) is 14.6 Å². The molecule has 0 aliphatic carbocycles. The number of nitrogens with zero attached hydrogens (tertiary/aromatic N) is 1. The topological polar surface area (TPSA) is 62.5 Å². The van der Waals surface area contributed by atoms with Crippen molar-refractivity contribution in [2.75, 3.05) is 13.7 Å². The predicted molar refractivity (Wildman–Crippen MR) is 87.0 cm³/mol. The van der Waals surface area contributed by atoms with Gasteiger partial charge in [0.2, 0.25) is 0 Å². The molecular weight excluding hydrogens is 290 g/mol. The molecule has 0 fully saturated rings. The molecule has 118 valence electrons. The van der Waals surface area contributed by atoms with E-state index in [1.165, 1.54) is 0 Å². The fraction of sp³-hybridized carbons (Fsp3) is 0.316. The molecule has 0 atom stereocenters. The van der Waals surface area contributed by atoms with Crippen LogP contribution in [0.25, 0.3) is 11.1 Å². The van der Waals surface area contributed by atoms with Crippen LogP contribution in [-0.4, -0.2) is 18.8 Å². The Kier molecular flexibility index (Phi) is 4.61. The third-order valence-corrected chi connectivity index (χ3v) is 4.21. The fourth-order valence-corrected chi connectivity index (χ4v) is 3.07. The highest BCUT2D eigenvalue weighted by Gasteiger charge is 2.22. The maximum atomic E-state index is 9.71. The van der Waals surface area contributed by atoms with E-state index in [0.717, 1.165) is 33.6 Å². The molecule has 0 amide bonds. The minimum Gasteiger partial charge on any atom is -0.497 e. The number of nitriles is 1. The van der Waals surface area contributed by atoms with Gasteiger partial charge in [0.05, 0.1) is 25.9 Å². The molecular formula is C19H19NO3. The summed E-state index contributed by atoms with van der Waals surface area (Å²) in [5.41, 5.74) is 5.86. The second kappa shape index (κ2) is 6.82. The third-order valence-electron chi connectivity index (χ3n) is 4.21. The summed E-state index contributed by atoms with van der Waals surface area (Å²) in [6.45, 7) is 1.23. The van der Waals surface area contributed by atoms with E-state index in [2.05, 4.69) is 12.1 Å². The van der Waals surface area contributed by atoms with Crippen LogP contribution in [0.2, 0.25) is 0 Å². The number of rotatable bonds is 5. The molecule has 0 saturated heterocycles. The van der Waals surface area contributed by atoms with Crippen molar-refractivity contribution in [3.8, 4) is 22.9 Å². The molecule has 0 bridgehead atoms. The first-order valence-corrected chi connectivity index (χ1v) is 7.69. The van der Waals surface area contributed by atoms with Gasteiger partial charge in [0.1, 0.15) is 11.8 Å². The van der Waals surface area contributed by atoms with Crippen molar-refractivity contribution in [3.05, 3.63) is 52.6 Å². The van der Waals surface area contributed by atoms with Crippen LogP contribution in [0.1, 0.15) is 28.7 Å². The summed E-state index contributed by atoms with van der Waals surface area (Å²) in [5, 5.41) is 18.8. The minimum atomic E-state index is 0.121. The number of hydrogen-bond acceptors (Lipinski definition) is 4. The molecule has 1 aliphatic rings. The zero-order valence-corrected chi connectivity index (χ0v) is 13.1. The van der Waals surface area contributed by atoms with Gasteiger partial charge in [0, 0.05) is 12.2 Å². The number of ether oxygens (including phenoxy) is 2. The molecule has 0 aromatic heterocycles. The number of fused-ring (bicyclic) bond motifs is 1. The minimum absolute atomic E-state index is 0.121. The second-order valence-electron chi connectivity index (χ2n) is 5.58. The number of aliphatic hydroxyl groups excluding tert-OH is 1. The first kappa shape index (κ1) is 15.5. The first-order valence-electron chi connectivity index (χ1n) is 7.69. The van der Waals surface area contributed by atoms with E-state index < -0.39 is 0 Å². The van der Waals surface area contributed by atoms with Gasteiger partial charge in [0.15, 0.2) is 0 Å². The quantitative estimate of drug-likeness (QED) is 0.921. The van der Waals surface area contributed by atoms with E-state index in [1.807, 2.05) is 24.3 Å². The molecule has 1 N–H and O–H groups in total. The Morgan fingerprint density at radius 1 is 1.26 bits per heavy atom. The molecule has 0 unspecified atom stereocenters. The second-order valence-corrected chi connectivity index (χ2v) is 5.58. The number of aliphatic hydroxyl groups is 1. The monoisotopic (exact) mass is 309 g/mol. The van der Waals surface area contributed by atoms with Gasteiger partial charge in [-0.05, 0) is 47.2 Å². The Bertz CT molecular complexity index is 745. The first-order chi connectivity index (χ1) is 11.3. The van der Waals surface area contributed by atoms with Crippen LogP contribution in [0, 0.1) is 11.3 Å². The Labute approximate surface area is 135 Å². The van der Waals surface area contributed by atoms with Gasteiger partial charge < -0.3 is 14.6 Å². The third kappa shape index (κ3) is 2.94. The standard InChI is InChI=1S/C19H19NO3/c1-22-16-6-4-13(5-7-16)19-17(10-20)14(3-2-8-21)9-15-11-23-12-18(15)19/h4-7,9,21H,2-3,8,11-12H2,1H3. The van der Waals surface area contributed by atoms with Crippen molar-refractivity contribution < 1.29 is 14.6 Å². The maximum Gasteiger partial charge on any atom is 0.118 e. The fourth-order valence-electron chi connectivity index (χ4n) is 3.07. The Morgan fingerprint density at radius 2 is 2.04 bits per heavy atom. The van der Waals surface area contributed by atoms with Crippen LogP contribution in [0.15, 0.2) is 30.3 Å². The normalized spacial score (nSPS) is 12.7. The molecule has 23 heavy (non-hydrogen) atoms. The van der Waals surface area contributed by atoms with Crippen molar-refractivity contribution in [3.63, 3.8) is 0 Å². The van der Waals surface area contributed by atoms with E-state index in [1.54, 1.807) is 7.11 Å². The summed E-state index contributed by atoms with van der Waals surface area (Å²) in [5.74, 6) is 0.789. The molecule has 2 aromatic rings. The van der Waals surface area contributed by atoms with Crippen LogP contribution in [0.5, 0.6) is 5.75 Å². The smallest absolute Gasteiger partial charge is 0.118 e. The van der Waals surface area contributed by atoms with Crippen LogP contribution >= 0.6 is 0 Å². The zero-order chi connectivity index (χ0) is 16.2. The van der Waals surface area contributed by atoms with Gasteiger partial charge >= 0.3 is 0 Å². The van der Waals surface area contributed by atoms with Crippen molar-refractivity contribution >= 4 is 0 Å². The molecule has 3 rings (SSSR count). The number of aryl methyl sites for hydroxylation is 1. The van der Waals surface area contributed by atoms with Crippen molar-refractivity contribution in [2.45, 2.75) is 26.1 Å². The molecule has 0 spiro atoms. The van der Waals surface area contributed by atoms with E-state index >= 15 is 0 Å². The Hall–Kier alpha value is -2.35. The highest BCUT2D eigenvalue weighted by atomic mass is 16.5. The van der Waals surface area contributed by atoms with Gasteiger partial charge in [-0.2, -0.15) is 5.26 Å². The van der Waals surface area contributed by atoms with E-state index in [0.29, 0.717) is 31.6 Å². The zero-order valence-electron chi connectivity index (χ0n) is 13.1. The summed E-state index contributed by atoms with van der Waals surface area (Å²) in [4.78, 5) is 0. The number of hydrogen-bond donors (Lipinski definition) is 1. The van der Waals surface area contributed by atoms with Gasteiger partial charge in [-0.15, -0.1) is 0 Å². The van der Waals surface area contributed by atoms with Crippen molar-refractivity contribution in [2.24, 2.45) is 0 Å². The van der Waals surface area contributed by atoms with Crippen LogP contribution in [0.4, 0.5) is 0 Å². The SMILES string of the molecule is COc1ccc(-c2c(C#N)c(CCCO)cc3c2COC3)cc1. The van der Waals surface area contributed by atoms with E-state index in [9.17, 15) is 5.26 Å². The van der Waals surface area contributed by atoms with E-state index in [-0.39, 0.29) is 6.61 Å². The van der Waals surface area contributed by atoms with Gasteiger partial charge in [-0.3, -0.25) is 0 Å². The maximum absolute atomic E-state index is 9.71. The molecule has 2 aromatic carbocycles. The predicted octanol–water partition coefficient (Wildman–Crippen LogP) is 3.19. The molecule has 1 heterocycles. The highest BCUT2D eigenvalue weighted by Crippen LogP contribution is 2.37. The Morgan fingerprint density at radius 3 is 2.70 bits per heavy atom. The average Bonchev–Trinajstić information content (AvgIpc) is 3.06. The average molecular weight is 309 g/mol. The molecule has 4 heteroatoms. The molecule has 1 aliphatic heterocycles. The van der Waals surface area contributed by atoms with Crippen molar-refractivity contribution in [1.82, 2.24) is 0 Å². The molecule has 0 saturated carbocycles. The largest absolute Gasteiger partial charge is 0.497 e. The van der Waals surface area contributed by atoms with Crippen LogP contribution < -0.4 is 4.74 Å². The van der Waals surface area contributed by atoms with Crippen molar-refractivity contribution in [1.29, 1.82) is 5.26 Å². The van der Waals surface area contributed by atoms with Crippen LogP contribution in [-0.2, 0) is 24.4 Å². The van der Waals surface area contributed by atoms with Gasteiger partial charge in [-0.25, -0.2) is 0 Å². The summed E-state index contributed by atoms with van der Waals surface area (Å²) in [6, 6.07) is 12.2. The number of methoxy groups -OCH3 is 1. The lowest BCUT2D eigenvalue weighted by Crippen LogP contribution is -2.01. The molecule has 0 radical (unpaired) electrons. The summed E-state index contributed by atoms with van der Waals surface area (Å²) in [7, 11) is 1.64. The lowest BCUT2D eigenvalue weighted by atomic mass is 9.87. The molecule has 4 nitrogen and oxygen atoms in total. The number of benzene rings is 2. The summed E-state index contributed by atoms with van der Waals surface area (Å²) in [6.07, 6.45) is 1.34. The Balaban J connectivity index is 2.16. The van der Waals surface area contributed by atoms with Gasteiger partial charge in [0.25, 0.3) is 0 Å². The lowest BCUT2D eigenvalue weighted by molar-refractivity contribution is 0.134. The lowest BCUT2D eigenvalue weighted by Gasteiger charge is -2.15. The summed E-state index contributed by atoms with van der Waals surface area (Å²) >= 11 is 0. The summed E-state index contributed by atoms with van der Waals surface area (Å²) < 4.78 is 10.8. The highest BCUT2D eigenvalue weighted by molar-refractivity contribution is 5.77. The van der Waals surface area contributed by atoms with Crippen LogP contribution in [0.3, 0.4) is 0 Å². The van der Waals surface area contributed by atoms with Gasteiger partial charge in [-0.1, -0.05) is 18.2 Å².